The number of rotatable bonds is 4. The Balaban J connectivity index is 1.58. The fourth-order valence-electron chi connectivity index (χ4n) is 3.30. The summed E-state index contributed by atoms with van der Waals surface area (Å²) in [6, 6.07) is 9.81. The van der Waals surface area contributed by atoms with Gasteiger partial charge >= 0.3 is 5.69 Å². The van der Waals surface area contributed by atoms with Crippen LogP contribution < -0.4 is 16.1 Å². The molecule has 2 heterocycles. The fraction of sp³-hybridized carbons (Fsp3) is 0.421. The minimum atomic E-state index is -0.484. The molecule has 3 rings (SSSR count). The van der Waals surface area contributed by atoms with E-state index >= 15 is 0 Å². The van der Waals surface area contributed by atoms with Crippen molar-refractivity contribution < 1.29 is 4.79 Å². The van der Waals surface area contributed by atoms with Crippen LogP contribution in [0.25, 0.3) is 0 Å². The van der Waals surface area contributed by atoms with Crippen molar-refractivity contribution >= 4 is 11.6 Å². The average molecular weight is 356 g/mol. The van der Waals surface area contributed by atoms with Crippen molar-refractivity contribution in [1.82, 2.24) is 14.5 Å². The molecule has 0 spiro atoms. The van der Waals surface area contributed by atoms with Crippen molar-refractivity contribution in [1.29, 1.82) is 0 Å². The molecule has 138 valence electrons. The van der Waals surface area contributed by atoms with Crippen LogP contribution in [0.5, 0.6) is 0 Å². The number of nitrogens with one attached hydrogen (secondary N) is 1. The third kappa shape index (κ3) is 4.04. The van der Waals surface area contributed by atoms with E-state index in [1.54, 1.807) is 0 Å². The van der Waals surface area contributed by atoms with Gasteiger partial charge in [-0.1, -0.05) is 17.7 Å². The Morgan fingerprint density at radius 1 is 1.15 bits per heavy atom. The minimum absolute atomic E-state index is 0.0270. The lowest BCUT2D eigenvalue weighted by Crippen LogP contribution is -2.54. The summed E-state index contributed by atoms with van der Waals surface area (Å²) in [5.74, 6) is 0.0270. The first kappa shape index (κ1) is 18.0. The van der Waals surface area contributed by atoms with Crippen LogP contribution in [-0.4, -0.2) is 46.0 Å². The Kier molecular flexibility index (Phi) is 5.25. The molecule has 1 atom stereocenters. The molecule has 7 nitrogen and oxygen atoms in total. The monoisotopic (exact) mass is 356 g/mol. The van der Waals surface area contributed by atoms with E-state index in [2.05, 4.69) is 41.1 Å². The summed E-state index contributed by atoms with van der Waals surface area (Å²) < 4.78 is 1.35. The highest BCUT2D eigenvalue weighted by atomic mass is 16.2. The van der Waals surface area contributed by atoms with Crippen molar-refractivity contribution in [2.45, 2.75) is 32.9 Å². The van der Waals surface area contributed by atoms with Gasteiger partial charge < -0.3 is 14.4 Å². The smallest absolute Gasteiger partial charge is 0.328 e. The molecule has 0 saturated carbocycles. The third-order valence-electron chi connectivity index (χ3n) is 4.81. The average Bonchev–Trinajstić information content (AvgIpc) is 2.61. The number of hydrogen-bond acceptors (Lipinski definition) is 4. The summed E-state index contributed by atoms with van der Waals surface area (Å²) in [6.07, 6.45) is 1.66. The summed E-state index contributed by atoms with van der Waals surface area (Å²) in [6.45, 7) is 6.61. The second kappa shape index (κ2) is 7.59. The fourth-order valence-corrected chi connectivity index (χ4v) is 3.30. The molecule has 0 aliphatic carbocycles. The Labute approximate surface area is 151 Å². The van der Waals surface area contributed by atoms with Gasteiger partial charge in [-0.15, -0.1) is 0 Å². The summed E-state index contributed by atoms with van der Waals surface area (Å²) >= 11 is 0. The maximum Gasteiger partial charge on any atom is 0.328 e. The number of carbonyl (C=O) groups is 1. The Morgan fingerprint density at radius 3 is 2.54 bits per heavy atom. The number of amides is 1. The van der Waals surface area contributed by atoms with Crippen molar-refractivity contribution in [3.05, 3.63) is 62.9 Å². The van der Waals surface area contributed by atoms with E-state index in [1.165, 1.54) is 28.1 Å². The number of piperazine rings is 1. The Hall–Kier alpha value is -2.83. The van der Waals surface area contributed by atoms with Gasteiger partial charge in [0.15, 0.2) is 0 Å². The Bertz CT molecular complexity index is 885. The molecule has 2 aromatic rings. The van der Waals surface area contributed by atoms with Gasteiger partial charge in [-0.3, -0.25) is 14.6 Å². The van der Waals surface area contributed by atoms with E-state index in [4.69, 9.17) is 0 Å². The highest BCUT2D eigenvalue weighted by molar-refractivity contribution is 5.76. The van der Waals surface area contributed by atoms with Crippen molar-refractivity contribution in [3.8, 4) is 0 Å². The molecule has 1 aromatic carbocycles. The standard InChI is InChI=1S/C19H24N4O3/c1-14-3-5-16(6-4-14)22-11-12-23(15(2)13-22)18(25)8-10-21-9-7-17(24)20-19(21)26/h3-7,9,15H,8,10-13H2,1-2H3,(H,20,24,26). The zero-order chi connectivity index (χ0) is 18.7. The number of aryl methyl sites for hydroxylation is 2. The lowest BCUT2D eigenvalue weighted by molar-refractivity contribution is -0.133. The van der Waals surface area contributed by atoms with Crippen LogP contribution >= 0.6 is 0 Å². The van der Waals surface area contributed by atoms with Gasteiger partial charge in [0, 0.05) is 56.6 Å². The number of carbonyl (C=O) groups excluding carboxylic acids is 1. The van der Waals surface area contributed by atoms with Gasteiger partial charge in [-0.25, -0.2) is 4.79 Å². The summed E-state index contributed by atoms with van der Waals surface area (Å²) in [4.78, 5) is 41.7. The first-order chi connectivity index (χ1) is 12.4. The molecule has 1 aliphatic rings. The third-order valence-corrected chi connectivity index (χ3v) is 4.81. The zero-order valence-corrected chi connectivity index (χ0v) is 15.1. The first-order valence-electron chi connectivity index (χ1n) is 8.85. The van der Waals surface area contributed by atoms with E-state index < -0.39 is 11.2 Å². The molecule has 1 amide bonds. The molecule has 7 heteroatoms. The molecule has 1 saturated heterocycles. The highest BCUT2D eigenvalue weighted by Gasteiger charge is 2.27. The molecule has 1 aromatic heterocycles. The maximum absolute atomic E-state index is 12.6. The van der Waals surface area contributed by atoms with E-state index in [9.17, 15) is 14.4 Å². The van der Waals surface area contributed by atoms with Crippen molar-refractivity contribution in [2.75, 3.05) is 24.5 Å². The van der Waals surface area contributed by atoms with E-state index in [-0.39, 0.29) is 24.9 Å². The molecule has 0 bridgehead atoms. The minimum Gasteiger partial charge on any atom is -0.368 e. The molecule has 1 fully saturated rings. The Morgan fingerprint density at radius 2 is 1.88 bits per heavy atom. The van der Waals surface area contributed by atoms with Gasteiger partial charge in [0.2, 0.25) is 5.91 Å². The van der Waals surface area contributed by atoms with Crippen molar-refractivity contribution in [2.24, 2.45) is 0 Å². The normalized spacial score (nSPS) is 17.4. The van der Waals surface area contributed by atoms with E-state index in [0.717, 1.165) is 13.1 Å². The van der Waals surface area contributed by atoms with Crippen LogP contribution in [0.15, 0.2) is 46.1 Å². The number of H-pyrrole nitrogens is 1. The highest BCUT2D eigenvalue weighted by Crippen LogP contribution is 2.20. The molecule has 1 N–H and O–H groups in total. The van der Waals surface area contributed by atoms with Crippen LogP contribution in [0.2, 0.25) is 0 Å². The molecular weight excluding hydrogens is 332 g/mol. The largest absolute Gasteiger partial charge is 0.368 e. The van der Waals surface area contributed by atoms with Crippen LogP contribution in [0.3, 0.4) is 0 Å². The molecule has 26 heavy (non-hydrogen) atoms. The van der Waals surface area contributed by atoms with Crippen molar-refractivity contribution in [3.63, 3.8) is 0 Å². The van der Waals surface area contributed by atoms with Crippen LogP contribution in [-0.2, 0) is 11.3 Å². The topological polar surface area (TPSA) is 78.4 Å². The van der Waals surface area contributed by atoms with E-state index in [0.29, 0.717) is 6.54 Å². The SMILES string of the molecule is Cc1ccc(N2CCN(C(=O)CCn3ccc(=O)[nH]c3=O)C(C)C2)cc1. The predicted molar refractivity (Wildman–Crippen MR) is 101 cm³/mol. The number of aromatic nitrogens is 2. The number of anilines is 1. The van der Waals surface area contributed by atoms with Gasteiger partial charge in [-0.2, -0.15) is 0 Å². The second-order valence-corrected chi connectivity index (χ2v) is 6.77. The summed E-state index contributed by atoms with van der Waals surface area (Å²) in [5.41, 5.74) is 1.49. The molecule has 0 radical (unpaired) electrons. The van der Waals surface area contributed by atoms with Crippen LogP contribution in [0, 0.1) is 6.92 Å². The number of hydrogen-bond donors (Lipinski definition) is 1. The molecular formula is C19H24N4O3. The number of aromatic amines is 1. The number of nitrogens with zero attached hydrogens (tertiary/aromatic N) is 3. The first-order valence-corrected chi connectivity index (χ1v) is 8.85. The quantitative estimate of drug-likeness (QED) is 0.886. The molecule has 1 aliphatic heterocycles. The summed E-state index contributed by atoms with van der Waals surface area (Å²) in [7, 11) is 0. The lowest BCUT2D eigenvalue weighted by Gasteiger charge is -2.41. The maximum atomic E-state index is 12.6. The second-order valence-electron chi connectivity index (χ2n) is 6.77. The zero-order valence-electron chi connectivity index (χ0n) is 15.1. The molecule has 1 unspecified atom stereocenters. The van der Waals surface area contributed by atoms with Crippen LogP contribution in [0.4, 0.5) is 5.69 Å². The van der Waals surface area contributed by atoms with E-state index in [1.807, 2.05) is 11.8 Å². The van der Waals surface area contributed by atoms with Gasteiger partial charge in [0.1, 0.15) is 0 Å². The van der Waals surface area contributed by atoms with Gasteiger partial charge in [0.25, 0.3) is 5.56 Å². The van der Waals surface area contributed by atoms with Crippen LogP contribution in [0.1, 0.15) is 18.9 Å². The predicted octanol–water partition coefficient (Wildman–Crippen LogP) is 0.972. The summed E-state index contributed by atoms with van der Waals surface area (Å²) in [5, 5.41) is 0. The van der Waals surface area contributed by atoms with Gasteiger partial charge in [0.05, 0.1) is 0 Å². The number of benzene rings is 1. The lowest BCUT2D eigenvalue weighted by atomic mass is 10.1. The van der Waals surface area contributed by atoms with Gasteiger partial charge in [-0.05, 0) is 26.0 Å².